The number of ether oxygens (including phenoxy) is 1. The number of para-hydroxylation sites is 1. The molecular formula is C17H16N2O3. The Bertz CT molecular complexity index is 781. The van der Waals surface area contributed by atoms with Gasteiger partial charge in [0.05, 0.1) is 6.54 Å². The molecule has 2 aromatic carbocycles. The normalized spacial score (nSPS) is 10.6. The first kappa shape index (κ1) is 14.2. The van der Waals surface area contributed by atoms with E-state index in [0.717, 1.165) is 16.7 Å². The van der Waals surface area contributed by atoms with Gasteiger partial charge in [-0.25, -0.2) is 5.48 Å². The molecule has 0 aliphatic rings. The minimum Gasteiger partial charge on any atom is -0.492 e. The zero-order valence-electron chi connectivity index (χ0n) is 11.9. The number of carbonyl (C=O) groups is 1. The zero-order chi connectivity index (χ0) is 15.4. The summed E-state index contributed by atoms with van der Waals surface area (Å²) in [4.78, 5) is 11.5. The molecule has 0 spiro atoms. The lowest BCUT2D eigenvalue weighted by Gasteiger charge is -2.09. The van der Waals surface area contributed by atoms with Gasteiger partial charge < -0.3 is 9.30 Å². The van der Waals surface area contributed by atoms with Crippen molar-refractivity contribution in [1.82, 2.24) is 10.0 Å². The lowest BCUT2D eigenvalue weighted by atomic mass is 10.1. The van der Waals surface area contributed by atoms with Crippen LogP contribution in [0.4, 0.5) is 0 Å². The van der Waals surface area contributed by atoms with Gasteiger partial charge in [-0.1, -0.05) is 24.3 Å². The number of hydrogen-bond acceptors (Lipinski definition) is 3. The Morgan fingerprint density at radius 3 is 2.73 bits per heavy atom. The van der Waals surface area contributed by atoms with Gasteiger partial charge in [-0.05, 0) is 35.7 Å². The van der Waals surface area contributed by atoms with Crippen LogP contribution in [0.2, 0.25) is 0 Å². The number of nitrogens with one attached hydrogen (secondary N) is 1. The summed E-state index contributed by atoms with van der Waals surface area (Å²) in [6.45, 7) is 1.20. The molecule has 0 saturated heterocycles. The van der Waals surface area contributed by atoms with Gasteiger partial charge in [0.15, 0.2) is 0 Å². The third-order valence-corrected chi connectivity index (χ3v) is 3.48. The second-order valence-electron chi connectivity index (χ2n) is 4.89. The lowest BCUT2D eigenvalue weighted by Crippen LogP contribution is -2.18. The van der Waals surface area contributed by atoms with Crippen molar-refractivity contribution in [1.29, 1.82) is 0 Å². The van der Waals surface area contributed by atoms with Crippen molar-refractivity contribution in [3.8, 4) is 5.75 Å². The number of nitrogens with zero attached hydrogens (tertiary/aromatic N) is 1. The summed E-state index contributed by atoms with van der Waals surface area (Å²) in [5, 5.41) is 9.76. The Kier molecular flexibility index (Phi) is 4.07. The SMILES string of the molecule is O=C(NO)c1ccc2ccn(CCOc3ccccc3)c2c1. The molecule has 0 bridgehead atoms. The Morgan fingerprint density at radius 2 is 1.95 bits per heavy atom. The van der Waals surface area contributed by atoms with Gasteiger partial charge in [-0.3, -0.25) is 10.0 Å². The van der Waals surface area contributed by atoms with E-state index in [0.29, 0.717) is 18.7 Å². The molecule has 22 heavy (non-hydrogen) atoms. The largest absolute Gasteiger partial charge is 0.492 e. The highest BCUT2D eigenvalue weighted by Gasteiger charge is 2.07. The van der Waals surface area contributed by atoms with E-state index in [-0.39, 0.29) is 0 Å². The summed E-state index contributed by atoms with van der Waals surface area (Å²) in [7, 11) is 0. The fourth-order valence-electron chi connectivity index (χ4n) is 2.36. The number of carbonyl (C=O) groups excluding carboxylic acids is 1. The van der Waals surface area contributed by atoms with E-state index in [9.17, 15) is 4.79 Å². The fourth-order valence-corrected chi connectivity index (χ4v) is 2.36. The average Bonchev–Trinajstić information content (AvgIpc) is 2.97. The van der Waals surface area contributed by atoms with Crippen LogP contribution in [0.3, 0.4) is 0 Å². The second-order valence-corrected chi connectivity index (χ2v) is 4.89. The number of rotatable bonds is 5. The topological polar surface area (TPSA) is 63.5 Å². The van der Waals surface area contributed by atoms with Crippen LogP contribution in [-0.2, 0) is 6.54 Å². The van der Waals surface area contributed by atoms with Crippen LogP contribution >= 0.6 is 0 Å². The van der Waals surface area contributed by atoms with Gasteiger partial charge in [-0.15, -0.1) is 0 Å². The molecule has 112 valence electrons. The summed E-state index contributed by atoms with van der Waals surface area (Å²) < 4.78 is 7.71. The summed E-state index contributed by atoms with van der Waals surface area (Å²) in [5.41, 5.74) is 2.99. The Labute approximate surface area is 127 Å². The maximum Gasteiger partial charge on any atom is 0.274 e. The third kappa shape index (κ3) is 2.94. The Balaban J connectivity index is 1.74. The third-order valence-electron chi connectivity index (χ3n) is 3.48. The minimum absolute atomic E-state index is 0.416. The molecule has 0 aliphatic heterocycles. The molecule has 0 unspecified atom stereocenters. The van der Waals surface area contributed by atoms with Crippen molar-refractivity contribution in [2.45, 2.75) is 6.54 Å². The van der Waals surface area contributed by atoms with E-state index in [4.69, 9.17) is 9.94 Å². The molecule has 1 heterocycles. The van der Waals surface area contributed by atoms with Gasteiger partial charge in [0.2, 0.25) is 0 Å². The first-order valence-corrected chi connectivity index (χ1v) is 6.99. The molecule has 0 saturated carbocycles. The summed E-state index contributed by atoms with van der Waals surface area (Å²) in [6, 6.07) is 16.9. The van der Waals surface area contributed by atoms with Crippen molar-refractivity contribution in [3.05, 3.63) is 66.4 Å². The van der Waals surface area contributed by atoms with Crippen LogP contribution in [0.1, 0.15) is 10.4 Å². The highest BCUT2D eigenvalue weighted by Crippen LogP contribution is 2.18. The molecule has 5 nitrogen and oxygen atoms in total. The lowest BCUT2D eigenvalue weighted by molar-refractivity contribution is 0.0706. The number of hydroxylamine groups is 1. The van der Waals surface area contributed by atoms with E-state index in [1.165, 1.54) is 0 Å². The first-order valence-electron chi connectivity index (χ1n) is 6.99. The predicted octanol–water partition coefficient (Wildman–Crippen LogP) is 2.84. The monoisotopic (exact) mass is 296 g/mol. The van der Waals surface area contributed by atoms with Crippen molar-refractivity contribution < 1.29 is 14.7 Å². The predicted molar refractivity (Wildman–Crippen MR) is 83.1 cm³/mol. The molecule has 0 atom stereocenters. The molecule has 2 N–H and O–H groups in total. The summed E-state index contributed by atoms with van der Waals surface area (Å²) in [5.74, 6) is 0.314. The molecule has 0 fully saturated rings. The smallest absolute Gasteiger partial charge is 0.274 e. The zero-order valence-corrected chi connectivity index (χ0v) is 11.9. The van der Waals surface area contributed by atoms with E-state index >= 15 is 0 Å². The van der Waals surface area contributed by atoms with Crippen molar-refractivity contribution in [2.75, 3.05) is 6.61 Å². The number of aromatic nitrogens is 1. The van der Waals surface area contributed by atoms with Crippen LogP contribution in [0, 0.1) is 0 Å². The second kappa shape index (κ2) is 6.32. The van der Waals surface area contributed by atoms with Gasteiger partial charge in [0.1, 0.15) is 12.4 Å². The van der Waals surface area contributed by atoms with E-state index in [2.05, 4.69) is 0 Å². The summed E-state index contributed by atoms with van der Waals surface area (Å²) >= 11 is 0. The van der Waals surface area contributed by atoms with Gasteiger partial charge >= 0.3 is 0 Å². The standard InChI is InChI=1S/C17H16N2O3/c20-17(18-21)14-7-6-13-8-9-19(16(13)12-14)10-11-22-15-4-2-1-3-5-15/h1-9,12,21H,10-11H2,(H,18,20). The average molecular weight is 296 g/mol. The van der Waals surface area contributed by atoms with E-state index < -0.39 is 5.91 Å². The van der Waals surface area contributed by atoms with Crippen LogP contribution in [0.15, 0.2) is 60.8 Å². The first-order chi connectivity index (χ1) is 10.8. The molecule has 5 heteroatoms. The summed E-state index contributed by atoms with van der Waals surface area (Å²) in [6.07, 6.45) is 1.96. The molecule has 3 aromatic rings. The Hall–Kier alpha value is -2.79. The van der Waals surface area contributed by atoms with Crippen LogP contribution < -0.4 is 10.2 Å². The number of benzene rings is 2. The van der Waals surface area contributed by atoms with E-state index in [1.807, 2.05) is 53.2 Å². The molecule has 3 rings (SSSR count). The minimum atomic E-state index is -0.518. The van der Waals surface area contributed by atoms with Crippen molar-refractivity contribution >= 4 is 16.8 Å². The van der Waals surface area contributed by atoms with Crippen LogP contribution in [0.25, 0.3) is 10.9 Å². The van der Waals surface area contributed by atoms with Crippen LogP contribution in [0.5, 0.6) is 5.75 Å². The molecule has 0 radical (unpaired) electrons. The highest BCUT2D eigenvalue weighted by atomic mass is 16.5. The van der Waals surface area contributed by atoms with Gasteiger partial charge in [0, 0.05) is 17.3 Å². The molecular weight excluding hydrogens is 280 g/mol. The highest BCUT2D eigenvalue weighted by molar-refractivity contribution is 5.97. The quantitative estimate of drug-likeness (QED) is 0.562. The molecule has 0 aliphatic carbocycles. The maximum atomic E-state index is 11.5. The number of hydrogen-bond donors (Lipinski definition) is 2. The Morgan fingerprint density at radius 1 is 1.14 bits per heavy atom. The fraction of sp³-hybridized carbons (Fsp3) is 0.118. The van der Waals surface area contributed by atoms with E-state index in [1.54, 1.807) is 17.6 Å². The van der Waals surface area contributed by atoms with Crippen LogP contribution in [-0.4, -0.2) is 22.3 Å². The van der Waals surface area contributed by atoms with Crippen molar-refractivity contribution in [3.63, 3.8) is 0 Å². The molecule has 1 amide bonds. The maximum absolute atomic E-state index is 11.5. The number of fused-ring (bicyclic) bond motifs is 1. The van der Waals surface area contributed by atoms with Gasteiger partial charge in [0.25, 0.3) is 5.91 Å². The number of amides is 1. The van der Waals surface area contributed by atoms with Crippen molar-refractivity contribution in [2.24, 2.45) is 0 Å². The molecule has 1 aromatic heterocycles. The van der Waals surface area contributed by atoms with Gasteiger partial charge in [-0.2, -0.15) is 0 Å².